The van der Waals surface area contributed by atoms with Gasteiger partial charge in [0.25, 0.3) is 0 Å². The third-order valence-electron chi connectivity index (χ3n) is 6.19. The highest BCUT2D eigenvalue weighted by Gasteiger charge is 2.11. The Hall–Kier alpha value is -3.84. The highest BCUT2D eigenvalue weighted by Crippen LogP contribution is 2.36. The number of benzene rings is 3. The first-order chi connectivity index (χ1) is 18.1. The minimum atomic E-state index is -0.342. The zero-order valence-corrected chi connectivity index (χ0v) is 21.8. The molecule has 0 saturated heterocycles. The van der Waals surface area contributed by atoms with Crippen molar-refractivity contribution in [3.8, 4) is 27.8 Å². The molecule has 0 unspecified atom stereocenters. The number of unbranched alkanes of at least 4 members (excludes halogenated alkanes) is 3. The molecule has 3 aromatic carbocycles. The van der Waals surface area contributed by atoms with Gasteiger partial charge in [-0.2, -0.15) is 0 Å². The molecule has 0 atom stereocenters. The Morgan fingerprint density at radius 3 is 2.49 bits per heavy atom. The summed E-state index contributed by atoms with van der Waals surface area (Å²) in [4.78, 5) is 16.3. The topological polar surface area (TPSA) is 70.8 Å². The Morgan fingerprint density at radius 1 is 0.865 bits per heavy atom. The summed E-state index contributed by atoms with van der Waals surface area (Å²) >= 11 is 1.67. The van der Waals surface area contributed by atoms with E-state index in [0.29, 0.717) is 30.3 Å². The maximum atomic E-state index is 11.6. The number of hydrogen-bond donors (Lipinski definition) is 0. The SMILES string of the molecule is COc1cc(-c2nc3ccccc3s2)ccc1OCCCCCCOc1ccc2c(C)cc(=O)oc2c1. The van der Waals surface area contributed by atoms with Crippen molar-refractivity contribution in [1.82, 2.24) is 4.98 Å². The molecule has 0 amide bonds. The molecule has 0 saturated carbocycles. The number of thiazole rings is 1. The van der Waals surface area contributed by atoms with Crippen LogP contribution in [-0.4, -0.2) is 25.3 Å². The molecule has 0 aliphatic carbocycles. The summed E-state index contributed by atoms with van der Waals surface area (Å²) in [6, 6.07) is 21.3. The van der Waals surface area contributed by atoms with Crippen molar-refractivity contribution in [3.63, 3.8) is 0 Å². The maximum Gasteiger partial charge on any atom is 0.336 e. The van der Waals surface area contributed by atoms with E-state index < -0.39 is 0 Å². The van der Waals surface area contributed by atoms with Crippen LogP contribution in [0.1, 0.15) is 31.2 Å². The Kier molecular flexibility index (Phi) is 7.70. The fourth-order valence-corrected chi connectivity index (χ4v) is 5.20. The summed E-state index contributed by atoms with van der Waals surface area (Å²) in [5.41, 5.74) is 3.15. The fourth-order valence-electron chi connectivity index (χ4n) is 4.24. The lowest BCUT2D eigenvalue weighted by Gasteiger charge is -2.12. The lowest BCUT2D eigenvalue weighted by Crippen LogP contribution is -2.01. The van der Waals surface area contributed by atoms with Crippen molar-refractivity contribution < 1.29 is 18.6 Å². The highest BCUT2D eigenvalue weighted by molar-refractivity contribution is 7.21. The second kappa shape index (κ2) is 11.5. The van der Waals surface area contributed by atoms with Crippen molar-refractivity contribution in [3.05, 3.63) is 82.7 Å². The number of methoxy groups -OCH3 is 1. The van der Waals surface area contributed by atoms with Crippen LogP contribution in [0.4, 0.5) is 0 Å². The summed E-state index contributed by atoms with van der Waals surface area (Å²) in [5, 5.41) is 1.89. The minimum Gasteiger partial charge on any atom is -0.493 e. The molecule has 190 valence electrons. The van der Waals surface area contributed by atoms with Crippen LogP contribution in [0.2, 0.25) is 0 Å². The summed E-state index contributed by atoms with van der Waals surface area (Å²) in [5.74, 6) is 2.17. The van der Waals surface area contributed by atoms with E-state index in [-0.39, 0.29) is 5.63 Å². The van der Waals surface area contributed by atoms with E-state index >= 15 is 0 Å². The van der Waals surface area contributed by atoms with Crippen molar-refractivity contribution >= 4 is 32.5 Å². The van der Waals surface area contributed by atoms with E-state index in [1.165, 1.54) is 10.8 Å². The third kappa shape index (κ3) is 5.94. The van der Waals surface area contributed by atoms with Crippen molar-refractivity contribution in [2.45, 2.75) is 32.6 Å². The van der Waals surface area contributed by atoms with E-state index in [0.717, 1.165) is 58.5 Å². The Bertz CT molecular complexity index is 1540. The van der Waals surface area contributed by atoms with Gasteiger partial charge in [-0.1, -0.05) is 12.1 Å². The minimum absolute atomic E-state index is 0.342. The second-order valence-corrected chi connectivity index (χ2v) is 9.90. The van der Waals surface area contributed by atoms with E-state index in [2.05, 4.69) is 6.07 Å². The number of para-hydroxylation sites is 1. The normalized spacial score (nSPS) is 11.2. The van der Waals surface area contributed by atoms with Crippen LogP contribution in [0.15, 0.2) is 75.9 Å². The first-order valence-electron chi connectivity index (χ1n) is 12.4. The number of fused-ring (bicyclic) bond motifs is 2. The lowest BCUT2D eigenvalue weighted by molar-refractivity contribution is 0.277. The highest BCUT2D eigenvalue weighted by atomic mass is 32.1. The zero-order chi connectivity index (χ0) is 25.6. The van der Waals surface area contributed by atoms with E-state index in [1.54, 1.807) is 24.5 Å². The molecule has 6 nitrogen and oxygen atoms in total. The Labute approximate surface area is 219 Å². The maximum absolute atomic E-state index is 11.6. The molecular weight excluding hydrogens is 486 g/mol. The smallest absolute Gasteiger partial charge is 0.336 e. The first-order valence-corrected chi connectivity index (χ1v) is 13.3. The van der Waals surface area contributed by atoms with Gasteiger partial charge in [0.2, 0.25) is 0 Å². The monoisotopic (exact) mass is 515 g/mol. The molecule has 0 bridgehead atoms. The Morgan fingerprint density at radius 2 is 1.68 bits per heavy atom. The van der Waals surface area contributed by atoms with Gasteiger partial charge in [0.1, 0.15) is 16.3 Å². The molecule has 0 N–H and O–H groups in total. The second-order valence-electron chi connectivity index (χ2n) is 8.87. The van der Waals surface area contributed by atoms with Gasteiger partial charge >= 0.3 is 5.63 Å². The number of ether oxygens (including phenoxy) is 3. The number of rotatable bonds is 11. The predicted octanol–water partition coefficient (Wildman–Crippen LogP) is 7.40. The molecule has 2 aromatic heterocycles. The quantitative estimate of drug-likeness (QED) is 0.135. The summed E-state index contributed by atoms with van der Waals surface area (Å²) < 4.78 is 23.9. The molecule has 0 aliphatic heterocycles. The molecule has 7 heteroatoms. The molecule has 0 radical (unpaired) electrons. The van der Waals surface area contributed by atoms with Gasteiger partial charge in [-0.3, -0.25) is 0 Å². The predicted molar refractivity (Wildman–Crippen MR) is 148 cm³/mol. The van der Waals surface area contributed by atoms with Crippen LogP contribution in [0.25, 0.3) is 31.8 Å². The van der Waals surface area contributed by atoms with Gasteiger partial charge in [0, 0.05) is 23.1 Å². The largest absolute Gasteiger partial charge is 0.493 e. The molecule has 5 aromatic rings. The summed E-state index contributed by atoms with van der Waals surface area (Å²) in [6.07, 6.45) is 3.97. The van der Waals surface area contributed by atoms with Crippen LogP contribution < -0.4 is 19.8 Å². The molecule has 5 rings (SSSR count). The van der Waals surface area contributed by atoms with E-state index in [1.807, 2.05) is 55.5 Å². The lowest BCUT2D eigenvalue weighted by atomic mass is 10.1. The van der Waals surface area contributed by atoms with Crippen LogP contribution >= 0.6 is 11.3 Å². The Balaban J connectivity index is 1.05. The van der Waals surface area contributed by atoms with Gasteiger partial charge in [0.15, 0.2) is 11.5 Å². The van der Waals surface area contributed by atoms with Crippen LogP contribution in [-0.2, 0) is 0 Å². The van der Waals surface area contributed by atoms with Gasteiger partial charge in [-0.05, 0) is 80.6 Å². The third-order valence-corrected chi connectivity index (χ3v) is 7.28. The van der Waals surface area contributed by atoms with Crippen molar-refractivity contribution in [1.29, 1.82) is 0 Å². The van der Waals surface area contributed by atoms with Crippen molar-refractivity contribution in [2.24, 2.45) is 0 Å². The number of aryl methyl sites for hydroxylation is 1. The summed E-state index contributed by atoms with van der Waals surface area (Å²) in [7, 11) is 1.66. The van der Waals surface area contributed by atoms with Crippen molar-refractivity contribution in [2.75, 3.05) is 20.3 Å². The fraction of sp³-hybridized carbons (Fsp3) is 0.267. The first kappa shape index (κ1) is 24.8. The molecule has 0 spiro atoms. The summed E-state index contributed by atoms with van der Waals surface area (Å²) in [6.45, 7) is 3.14. The number of aromatic nitrogens is 1. The average molecular weight is 516 g/mol. The van der Waals surface area contributed by atoms with Crippen LogP contribution in [0.5, 0.6) is 17.2 Å². The van der Waals surface area contributed by atoms with Crippen LogP contribution in [0.3, 0.4) is 0 Å². The van der Waals surface area contributed by atoms with E-state index in [4.69, 9.17) is 23.6 Å². The molecule has 2 heterocycles. The van der Waals surface area contributed by atoms with Gasteiger partial charge in [-0.25, -0.2) is 9.78 Å². The van der Waals surface area contributed by atoms with Gasteiger partial charge < -0.3 is 18.6 Å². The average Bonchev–Trinajstić information content (AvgIpc) is 3.34. The standard InChI is InChI=1S/C30H29NO5S/c1-20-17-29(32)36-26-19-22(12-13-23(20)26)34-15-7-3-4-8-16-35-25-14-11-21(18-27(25)33-2)30-31-24-9-5-6-10-28(24)37-30/h5-6,9-14,17-19H,3-4,7-8,15-16H2,1-2H3. The number of hydrogen-bond acceptors (Lipinski definition) is 7. The molecular formula is C30H29NO5S. The van der Waals surface area contributed by atoms with Gasteiger partial charge in [-0.15, -0.1) is 11.3 Å². The molecule has 0 fully saturated rings. The van der Waals surface area contributed by atoms with Crippen LogP contribution in [0, 0.1) is 6.92 Å². The van der Waals surface area contributed by atoms with Gasteiger partial charge in [0.05, 0.1) is 30.5 Å². The molecule has 0 aliphatic rings. The van der Waals surface area contributed by atoms with E-state index in [9.17, 15) is 4.79 Å². The number of nitrogens with zero attached hydrogens (tertiary/aromatic N) is 1. The molecule has 37 heavy (non-hydrogen) atoms. The zero-order valence-electron chi connectivity index (χ0n) is 21.0.